The highest BCUT2D eigenvalue weighted by atomic mass is 35.5. The largest absolute Gasteiger partial charge is 0.497 e. The van der Waals surface area contributed by atoms with E-state index in [4.69, 9.17) is 16.3 Å². The smallest absolute Gasteiger partial charge is 0.224 e. The van der Waals surface area contributed by atoms with Crippen molar-refractivity contribution in [1.82, 2.24) is 5.32 Å². The summed E-state index contributed by atoms with van der Waals surface area (Å²) in [5.41, 5.74) is 0.964. The summed E-state index contributed by atoms with van der Waals surface area (Å²) in [6.45, 7) is 2.86. The molecule has 1 N–H and O–H groups in total. The first-order valence-electron chi connectivity index (χ1n) is 7.15. The summed E-state index contributed by atoms with van der Waals surface area (Å²) < 4.78 is 5.15. The Hall–Kier alpha value is -1.22. The van der Waals surface area contributed by atoms with Crippen molar-refractivity contribution in [3.63, 3.8) is 0 Å². The third-order valence-electron chi connectivity index (χ3n) is 3.30. The van der Waals surface area contributed by atoms with E-state index >= 15 is 0 Å². The lowest BCUT2D eigenvalue weighted by molar-refractivity contribution is -0.120. The van der Waals surface area contributed by atoms with Gasteiger partial charge in [-0.2, -0.15) is 0 Å². The van der Waals surface area contributed by atoms with Gasteiger partial charge in [0, 0.05) is 12.4 Å². The number of ether oxygens (including phenoxy) is 1. The van der Waals surface area contributed by atoms with Crippen LogP contribution in [-0.2, 0) is 11.2 Å². The fourth-order valence-corrected chi connectivity index (χ4v) is 2.51. The molecule has 0 saturated heterocycles. The topological polar surface area (TPSA) is 38.3 Å². The summed E-state index contributed by atoms with van der Waals surface area (Å²) >= 11 is 5.78. The molecule has 3 nitrogen and oxygen atoms in total. The van der Waals surface area contributed by atoms with Crippen molar-refractivity contribution in [2.24, 2.45) is 5.92 Å². The molecule has 1 amide bonds. The van der Waals surface area contributed by atoms with Gasteiger partial charge < -0.3 is 10.1 Å². The van der Waals surface area contributed by atoms with E-state index in [1.54, 1.807) is 7.11 Å². The van der Waals surface area contributed by atoms with Crippen molar-refractivity contribution in [3.05, 3.63) is 29.8 Å². The van der Waals surface area contributed by atoms with Crippen LogP contribution in [0.4, 0.5) is 0 Å². The number of carbonyl (C=O) groups excluding carboxylic acids is 1. The standard InChI is InChI=1S/C16H24ClNO2/c1-3-5-13(8-9-17)12-18-16(19)11-14-6-4-7-15(10-14)20-2/h4,6-7,10,13H,3,5,8-9,11-12H2,1-2H3,(H,18,19). The Bertz CT molecular complexity index is 403. The molecule has 0 fully saturated rings. The monoisotopic (exact) mass is 297 g/mol. The summed E-state index contributed by atoms with van der Waals surface area (Å²) in [6, 6.07) is 7.60. The van der Waals surface area contributed by atoms with Gasteiger partial charge in [-0.1, -0.05) is 25.5 Å². The van der Waals surface area contributed by atoms with Gasteiger partial charge in [0.05, 0.1) is 13.5 Å². The highest BCUT2D eigenvalue weighted by molar-refractivity contribution is 6.17. The zero-order valence-corrected chi connectivity index (χ0v) is 13.1. The second kappa shape index (κ2) is 9.65. The molecule has 1 unspecified atom stereocenters. The van der Waals surface area contributed by atoms with Gasteiger partial charge in [-0.15, -0.1) is 11.6 Å². The van der Waals surface area contributed by atoms with Crippen molar-refractivity contribution >= 4 is 17.5 Å². The normalized spacial score (nSPS) is 11.9. The zero-order valence-electron chi connectivity index (χ0n) is 12.3. The molecule has 0 aliphatic rings. The molecule has 1 atom stereocenters. The second-order valence-corrected chi connectivity index (χ2v) is 5.34. The average molecular weight is 298 g/mol. The van der Waals surface area contributed by atoms with Gasteiger partial charge >= 0.3 is 0 Å². The fraction of sp³-hybridized carbons (Fsp3) is 0.562. The van der Waals surface area contributed by atoms with Crippen LogP contribution < -0.4 is 10.1 Å². The first kappa shape index (κ1) is 16.8. The van der Waals surface area contributed by atoms with E-state index in [2.05, 4.69) is 12.2 Å². The van der Waals surface area contributed by atoms with Gasteiger partial charge in [-0.3, -0.25) is 4.79 Å². The van der Waals surface area contributed by atoms with Crippen molar-refractivity contribution in [2.75, 3.05) is 19.5 Å². The van der Waals surface area contributed by atoms with Crippen LogP contribution in [0.15, 0.2) is 24.3 Å². The van der Waals surface area contributed by atoms with E-state index in [-0.39, 0.29) is 5.91 Å². The summed E-state index contributed by atoms with van der Waals surface area (Å²) in [4.78, 5) is 11.9. The highest BCUT2D eigenvalue weighted by Crippen LogP contribution is 2.13. The number of hydrogen-bond acceptors (Lipinski definition) is 2. The molecule has 1 aromatic rings. The highest BCUT2D eigenvalue weighted by Gasteiger charge is 2.10. The molecule has 4 heteroatoms. The van der Waals surface area contributed by atoms with Gasteiger partial charge in [-0.05, 0) is 36.5 Å². The number of alkyl halides is 1. The van der Waals surface area contributed by atoms with E-state index in [0.29, 0.717) is 24.8 Å². The van der Waals surface area contributed by atoms with Gasteiger partial charge in [0.1, 0.15) is 5.75 Å². The number of carbonyl (C=O) groups is 1. The molecule has 0 saturated carbocycles. The summed E-state index contributed by atoms with van der Waals surface area (Å²) in [7, 11) is 1.63. The van der Waals surface area contributed by atoms with Crippen LogP contribution in [-0.4, -0.2) is 25.4 Å². The second-order valence-electron chi connectivity index (χ2n) is 4.96. The molecule has 0 aliphatic heterocycles. The average Bonchev–Trinajstić information content (AvgIpc) is 2.45. The van der Waals surface area contributed by atoms with Crippen LogP contribution in [0.2, 0.25) is 0 Å². The molecule has 0 bridgehead atoms. The molecule has 1 rings (SSSR count). The maximum Gasteiger partial charge on any atom is 0.224 e. The first-order valence-corrected chi connectivity index (χ1v) is 7.68. The number of amides is 1. The third kappa shape index (κ3) is 6.29. The maximum absolute atomic E-state index is 11.9. The van der Waals surface area contributed by atoms with E-state index < -0.39 is 0 Å². The maximum atomic E-state index is 11.9. The van der Waals surface area contributed by atoms with Gasteiger partial charge in [0.25, 0.3) is 0 Å². The van der Waals surface area contributed by atoms with E-state index in [1.165, 1.54) is 0 Å². The van der Waals surface area contributed by atoms with Crippen LogP contribution in [0.5, 0.6) is 5.75 Å². The lowest BCUT2D eigenvalue weighted by Crippen LogP contribution is -2.30. The van der Waals surface area contributed by atoms with E-state index in [9.17, 15) is 4.79 Å². The molecule has 1 aromatic carbocycles. The predicted octanol–water partition coefficient (Wildman–Crippen LogP) is 3.40. The number of halogens is 1. The van der Waals surface area contributed by atoms with Crippen molar-refractivity contribution < 1.29 is 9.53 Å². The zero-order chi connectivity index (χ0) is 14.8. The van der Waals surface area contributed by atoms with Crippen LogP contribution in [0.1, 0.15) is 31.7 Å². The predicted molar refractivity (Wildman–Crippen MR) is 83.4 cm³/mol. The number of benzene rings is 1. The van der Waals surface area contributed by atoms with Crippen molar-refractivity contribution in [1.29, 1.82) is 0 Å². The first-order chi connectivity index (χ1) is 9.69. The molecule has 112 valence electrons. The van der Waals surface area contributed by atoms with Crippen LogP contribution >= 0.6 is 11.6 Å². The van der Waals surface area contributed by atoms with E-state index in [0.717, 1.165) is 30.6 Å². The minimum Gasteiger partial charge on any atom is -0.497 e. The van der Waals surface area contributed by atoms with Crippen molar-refractivity contribution in [2.45, 2.75) is 32.6 Å². The molecule has 0 spiro atoms. The van der Waals surface area contributed by atoms with Crippen LogP contribution in [0, 0.1) is 5.92 Å². The minimum absolute atomic E-state index is 0.0499. The number of nitrogens with one attached hydrogen (secondary N) is 1. The lowest BCUT2D eigenvalue weighted by Gasteiger charge is -2.15. The summed E-state index contributed by atoms with van der Waals surface area (Å²) in [5.74, 6) is 1.96. The van der Waals surface area contributed by atoms with Crippen molar-refractivity contribution in [3.8, 4) is 5.75 Å². The number of rotatable bonds is 9. The SMILES string of the molecule is CCCC(CCCl)CNC(=O)Cc1cccc(OC)c1. The third-order valence-corrected chi connectivity index (χ3v) is 3.52. The summed E-state index contributed by atoms with van der Waals surface area (Å²) in [5, 5.41) is 3.00. The van der Waals surface area contributed by atoms with Gasteiger partial charge in [0.2, 0.25) is 5.91 Å². The molecular weight excluding hydrogens is 274 g/mol. The molecule has 0 aliphatic carbocycles. The Morgan fingerprint density at radius 2 is 2.20 bits per heavy atom. The molecule has 0 heterocycles. The quantitative estimate of drug-likeness (QED) is 0.710. The minimum atomic E-state index is 0.0499. The Morgan fingerprint density at radius 1 is 1.40 bits per heavy atom. The van der Waals surface area contributed by atoms with Gasteiger partial charge in [-0.25, -0.2) is 0 Å². The van der Waals surface area contributed by atoms with E-state index in [1.807, 2.05) is 24.3 Å². The van der Waals surface area contributed by atoms with Crippen LogP contribution in [0.25, 0.3) is 0 Å². The molecular formula is C16H24ClNO2. The van der Waals surface area contributed by atoms with Gasteiger partial charge in [0.15, 0.2) is 0 Å². The number of methoxy groups -OCH3 is 1. The fourth-order valence-electron chi connectivity index (χ4n) is 2.20. The molecule has 20 heavy (non-hydrogen) atoms. The molecule has 0 radical (unpaired) electrons. The van der Waals surface area contributed by atoms with Crippen LogP contribution in [0.3, 0.4) is 0 Å². The Balaban J connectivity index is 2.42. The summed E-state index contributed by atoms with van der Waals surface area (Å²) in [6.07, 6.45) is 3.56. The Kier molecular flexibility index (Phi) is 8.12. The molecule has 0 aromatic heterocycles. The Labute approximate surface area is 126 Å². The number of hydrogen-bond donors (Lipinski definition) is 1. The lowest BCUT2D eigenvalue weighted by atomic mass is 10.0. The Morgan fingerprint density at radius 3 is 2.85 bits per heavy atom.